The number of rotatable bonds is 2. The van der Waals surface area contributed by atoms with Crippen molar-refractivity contribution < 1.29 is 19.1 Å². The molecule has 0 bridgehead atoms. The fraction of sp³-hybridized carbons (Fsp3) is 0.429. The van der Waals surface area contributed by atoms with Gasteiger partial charge in [0.2, 0.25) is 11.8 Å². The number of halogens is 1. The van der Waals surface area contributed by atoms with Crippen molar-refractivity contribution in [3.63, 3.8) is 0 Å². The Bertz CT molecular complexity index is 540. The molecule has 0 aromatic heterocycles. The lowest BCUT2D eigenvalue weighted by atomic mass is 10.0. The van der Waals surface area contributed by atoms with Gasteiger partial charge in [-0.1, -0.05) is 0 Å². The van der Waals surface area contributed by atoms with E-state index in [2.05, 4.69) is 0 Å². The van der Waals surface area contributed by atoms with Crippen LogP contribution in [0.2, 0.25) is 0 Å². The van der Waals surface area contributed by atoms with E-state index in [1.165, 1.54) is 34.1 Å². The molecule has 1 N–H and O–H groups in total. The zero-order chi connectivity index (χ0) is 14.3. The molecular formula is C14H15FN2O3. The van der Waals surface area contributed by atoms with Crippen molar-refractivity contribution in [1.82, 2.24) is 4.90 Å². The number of amides is 2. The number of carbonyl (C=O) groups excluding carboxylic acids is 2. The van der Waals surface area contributed by atoms with Gasteiger partial charge in [0.1, 0.15) is 11.7 Å². The van der Waals surface area contributed by atoms with E-state index in [9.17, 15) is 19.1 Å². The zero-order valence-electron chi connectivity index (χ0n) is 10.8. The molecule has 2 heterocycles. The highest BCUT2D eigenvalue weighted by Gasteiger charge is 2.42. The van der Waals surface area contributed by atoms with Gasteiger partial charge in [-0.25, -0.2) is 4.39 Å². The van der Waals surface area contributed by atoms with E-state index < -0.39 is 12.0 Å². The molecule has 1 aromatic carbocycles. The molecule has 1 atom stereocenters. The number of benzene rings is 1. The molecule has 0 radical (unpaired) electrons. The van der Waals surface area contributed by atoms with Crippen molar-refractivity contribution in [2.24, 2.45) is 5.92 Å². The van der Waals surface area contributed by atoms with Gasteiger partial charge in [0, 0.05) is 25.3 Å². The van der Waals surface area contributed by atoms with Crippen LogP contribution in [0.4, 0.5) is 10.1 Å². The van der Waals surface area contributed by atoms with Crippen molar-refractivity contribution in [3.8, 4) is 0 Å². The third kappa shape index (κ3) is 2.16. The lowest BCUT2D eigenvalue weighted by Crippen LogP contribution is -2.56. The average molecular weight is 278 g/mol. The van der Waals surface area contributed by atoms with Crippen LogP contribution in [0.1, 0.15) is 6.42 Å². The van der Waals surface area contributed by atoms with Gasteiger partial charge in [0.25, 0.3) is 0 Å². The van der Waals surface area contributed by atoms with Crippen molar-refractivity contribution in [3.05, 3.63) is 30.1 Å². The first-order valence-electron chi connectivity index (χ1n) is 6.60. The Morgan fingerprint density at radius 1 is 1.25 bits per heavy atom. The van der Waals surface area contributed by atoms with Crippen LogP contribution in [-0.4, -0.2) is 47.6 Å². The Morgan fingerprint density at radius 3 is 2.50 bits per heavy atom. The van der Waals surface area contributed by atoms with Gasteiger partial charge in [-0.05, 0) is 30.7 Å². The van der Waals surface area contributed by atoms with Crippen LogP contribution in [0.25, 0.3) is 0 Å². The van der Waals surface area contributed by atoms with E-state index in [1.54, 1.807) is 0 Å². The highest BCUT2D eigenvalue weighted by atomic mass is 19.1. The van der Waals surface area contributed by atoms with Gasteiger partial charge in [0.05, 0.1) is 6.10 Å². The van der Waals surface area contributed by atoms with E-state index in [0.717, 1.165) is 0 Å². The van der Waals surface area contributed by atoms with E-state index in [4.69, 9.17) is 0 Å². The van der Waals surface area contributed by atoms with E-state index in [-0.39, 0.29) is 17.6 Å². The molecule has 3 rings (SSSR count). The van der Waals surface area contributed by atoms with Crippen LogP contribution in [0, 0.1) is 11.7 Å². The first kappa shape index (κ1) is 13.1. The van der Waals surface area contributed by atoms with E-state index >= 15 is 0 Å². The maximum Gasteiger partial charge on any atom is 0.239 e. The summed E-state index contributed by atoms with van der Waals surface area (Å²) in [5.41, 5.74) is 0.607. The first-order valence-corrected chi connectivity index (χ1v) is 6.60. The molecule has 0 aliphatic carbocycles. The molecule has 1 unspecified atom stereocenters. The predicted octanol–water partition coefficient (Wildman–Crippen LogP) is 0.382. The minimum absolute atomic E-state index is 0.218. The lowest BCUT2D eigenvalue weighted by Gasteiger charge is -2.37. The van der Waals surface area contributed by atoms with Crippen LogP contribution >= 0.6 is 0 Å². The van der Waals surface area contributed by atoms with Gasteiger partial charge in [0.15, 0.2) is 0 Å². The molecule has 20 heavy (non-hydrogen) atoms. The quantitative estimate of drug-likeness (QED) is 0.796. The Hall–Kier alpha value is -1.95. The summed E-state index contributed by atoms with van der Waals surface area (Å²) >= 11 is 0. The molecule has 0 spiro atoms. The van der Waals surface area contributed by atoms with E-state index in [1.807, 2.05) is 0 Å². The first-order chi connectivity index (χ1) is 9.56. The number of nitrogens with zero attached hydrogens (tertiary/aromatic N) is 2. The van der Waals surface area contributed by atoms with Crippen LogP contribution in [0.15, 0.2) is 24.3 Å². The summed E-state index contributed by atoms with van der Waals surface area (Å²) in [7, 11) is 0. The Kier molecular flexibility index (Phi) is 3.17. The smallest absolute Gasteiger partial charge is 0.239 e. The zero-order valence-corrected chi connectivity index (χ0v) is 10.8. The van der Waals surface area contributed by atoms with Crippen molar-refractivity contribution in [1.29, 1.82) is 0 Å². The molecule has 0 saturated carbocycles. The largest absolute Gasteiger partial charge is 0.389 e. The maximum absolute atomic E-state index is 12.9. The number of carbonyl (C=O) groups is 2. The van der Waals surface area contributed by atoms with Crippen LogP contribution in [0.3, 0.4) is 0 Å². The summed E-state index contributed by atoms with van der Waals surface area (Å²) in [6, 6.07) is 5.66. The Morgan fingerprint density at radius 2 is 1.90 bits per heavy atom. The Labute approximate surface area is 115 Å². The minimum atomic E-state index is -0.674. The number of anilines is 1. The van der Waals surface area contributed by atoms with Crippen LogP contribution in [0.5, 0.6) is 0 Å². The van der Waals surface area contributed by atoms with Crippen molar-refractivity contribution >= 4 is 17.5 Å². The molecule has 2 aliphatic heterocycles. The van der Waals surface area contributed by atoms with E-state index in [0.29, 0.717) is 31.7 Å². The summed E-state index contributed by atoms with van der Waals surface area (Å²) in [4.78, 5) is 27.4. The van der Waals surface area contributed by atoms with Crippen LogP contribution in [-0.2, 0) is 9.59 Å². The highest BCUT2D eigenvalue weighted by molar-refractivity contribution is 6.09. The normalized spacial score (nSPS) is 23.1. The third-order valence-corrected chi connectivity index (χ3v) is 3.82. The molecule has 5 nitrogen and oxygen atoms in total. The fourth-order valence-corrected chi connectivity index (χ4v) is 2.64. The van der Waals surface area contributed by atoms with Crippen LogP contribution < -0.4 is 4.90 Å². The number of hydrogen-bond acceptors (Lipinski definition) is 3. The minimum Gasteiger partial charge on any atom is -0.389 e. The van der Waals surface area contributed by atoms with Gasteiger partial charge >= 0.3 is 0 Å². The summed E-state index contributed by atoms with van der Waals surface area (Å²) in [6.45, 7) is 1.07. The lowest BCUT2D eigenvalue weighted by molar-refractivity contribution is -0.148. The second kappa shape index (κ2) is 4.86. The summed E-state index contributed by atoms with van der Waals surface area (Å²) in [5.74, 6) is -1.50. The summed E-state index contributed by atoms with van der Waals surface area (Å²) in [6.07, 6.45) is -0.00888. The monoisotopic (exact) mass is 278 g/mol. The van der Waals surface area contributed by atoms with Gasteiger partial charge < -0.3 is 14.9 Å². The molecule has 2 fully saturated rings. The third-order valence-electron chi connectivity index (χ3n) is 3.82. The number of aliphatic hydroxyl groups is 1. The fourth-order valence-electron chi connectivity index (χ4n) is 2.64. The standard InChI is InChI=1S/C14H15FN2O3/c15-9-1-3-10(4-2-9)17-6-5-12(14(17)20)13(19)16-7-11(18)8-16/h1-4,11-12,18H,5-8H2. The second-order valence-corrected chi connectivity index (χ2v) is 5.20. The summed E-state index contributed by atoms with van der Waals surface area (Å²) in [5, 5.41) is 9.21. The van der Waals surface area contributed by atoms with Gasteiger partial charge in [-0.2, -0.15) is 0 Å². The SMILES string of the molecule is O=C(C1CCN(c2ccc(F)cc2)C1=O)N1CC(O)C1. The molecule has 2 amide bonds. The Balaban J connectivity index is 1.70. The predicted molar refractivity (Wildman–Crippen MR) is 69.4 cm³/mol. The van der Waals surface area contributed by atoms with Gasteiger partial charge in [-0.15, -0.1) is 0 Å². The maximum atomic E-state index is 12.9. The molecule has 6 heteroatoms. The molecule has 106 valence electrons. The van der Waals surface area contributed by atoms with Crippen molar-refractivity contribution in [2.75, 3.05) is 24.5 Å². The van der Waals surface area contributed by atoms with Gasteiger partial charge in [-0.3, -0.25) is 9.59 Å². The topological polar surface area (TPSA) is 60.9 Å². The number of aliphatic hydroxyl groups excluding tert-OH is 1. The molecular weight excluding hydrogens is 263 g/mol. The number of β-amino-alcohol motifs (C(OH)–C–C–N with tert-alkyl or cyclic N) is 1. The van der Waals surface area contributed by atoms with Crippen molar-refractivity contribution in [2.45, 2.75) is 12.5 Å². The highest BCUT2D eigenvalue weighted by Crippen LogP contribution is 2.27. The second-order valence-electron chi connectivity index (χ2n) is 5.20. The number of likely N-dealkylation sites (tertiary alicyclic amines) is 1. The average Bonchev–Trinajstić information content (AvgIpc) is 2.77. The molecule has 1 aromatic rings. The molecule has 2 aliphatic rings. The number of hydrogen-bond donors (Lipinski definition) is 1. The summed E-state index contributed by atoms with van der Waals surface area (Å²) < 4.78 is 12.9. The molecule has 2 saturated heterocycles.